The first-order chi connectivity index (χ1) is 19.5. The molecule has 1 saturated carbocycles. The number of ketones is 1. The van der Waals surface area contributed by atoms with Crippen molar-refractivity contribution in [3.05, 3.63) is 95.1 Å². The highest BCUT2D eigenvalue weighted by Gasteiger charge is 2.20. The molecule has 10 nitrogen and oxygen atoms in total. The lowest BCUT2D eigenvalue weighted by atomic mass is 9.84. The fraction of sp³-hybridized carbons (Fsp3) is 0.267. The van der Waals surface area contributed by atoms with Gasteiger partial charge in [0, 0.05) is 22.5 Å². The molecule has 1 heterocycles. The van der Waals surface area contributed by atoms with E-state index < -0.39 is 0 Å². The quantitative estimate of drug-likeness (QED) is 0.238. The number of benzene rings is 3. The van der Waals surface area contributed by atoms with Gasteiger partial charge in [0.15, 0.2) is 5.78 Å². The fourth-order valence-electron chi connectivity index (χ4n) is 4.95. The normalized spacial score (nSPS) is 13.4. The molecule has 0 spiro atoms. The minimum absolute atomic E-state index is 0.0352. The summed E-state index contributed by atoms with van der Waals surface area (Å²) in [6.45, 7) is 1.79. The number of nitrogens with one attached hydrogen (secondary N) is 3. The zero-order valence-electron chi connectivity index (χ0n) is 22.3. The molecule has 1 aromatic heterocycles. The minimum Gasteiger partial charge on any atom is -0.308 e. The number of Topliss-reactive ketones (excluding diaryl/α,β-unsaturated/α-hetero) is 1. The Morgan fingerprint density at radius 1 is 0.850 bits per heavy atom. The minimum atomic E-state index is -0.366. The number of aromatic amines is 1. The summed E-state index contributed by atoms with van der Waals surface area (Å²) in [5.41, 5.74) is 4.50. The van der Waals surface area contributed by atoms with Crippen molar-refractivity contribution in [3.63, 3.8) is 0 Å². The van der Waals surface area contributed by atoms with Crippen LogP contribution < -0.4 is 15.5 Å². The molecule has 1 fully saturated rings. The van der Waals surface area contributed by atoms with Gasteiger partial charge in [0.2, 0.25) is 0 Å². The number of hydrogen-bond acceptors (Lipinski definition) is 6. The maximum Gasteiger partial charge on any atom is 0.326 e. The van der Waals surface area contributed by atoms with Crippen molar-refractivity contribution >= 4 is 35.0 Å². The van der Waals surface area contributed by atoms with Gasteiger partial charge in [0.1, 0.15) is 0 Å². The van der Waals surface area contributed by atoms with E-state index in [0.717, 1.165) is 11.3 Å². The SMILES string of the molecule is CC(=O)c1ccc(NC(=O)N(Cc2ccc(C(=O)Nc3nn[nH]n3)cc2)c2ccc(C3CCCCC3)cc2)cc1. The van der Waals surface area contributed by atoms with Crippen LogP contribution in [0.25, 0.3) is 0 Å². The molecule has 0 saturated heterocycles. The van der Waals surface area contributed by atoms with Crippen LogP contribution in [0.2, 0.25) is 0 Å². The molecular weight excluding hydrogens is 506 g/mol. The van der Waals surface area contributed by atoms with Crippen LogP contribution in [0.3, 0.4) is 0 Å². The molecule has 204 valence electrons. The molecule has 10 heteroatoms. The molecule has 0 unspecified atom stereocenters. The van der Waals surface area contributed by atoms with Gasteiger partial charge in [-0.15, -0.1) is 5.10 Å². The summed E-state index contributed by atoms with van der Waals surface area (Å²) in [6.07, 6.45) is 6.21. The van der Waals surface area contributed by atoms with Crippen LogP contribution in [-0.2, 0) is 6.54 Å². The predicted molar refractivity (Wildman–Crippen MR) is 152 cm³/mol. The molecule has 3 aromatic carbocycles. The topological polar surface area (TPSA) is 133 Å². The Morgan fingerprint density at radius 3 is 2.15 bits per heavy atom. The van der Waals surface area contributed by atoms with Crippen LogP contribution in [0.5, 0.6) is 0 Å². The average molecular weight is 538 g/mol. The molecular formula is C30H31N7O3. The highest BCUT2D eigenvalue weighted by atomic mass is 16.2. The van der Waals surface area contributed by atoms with Gasteiger partial charge >= 0.3 is 6.03 Å². The van der Waals surface area contributed by atoms with Crippen LogP contribution in [0.15, 0.2) is 72.8 Å². The lowest BCUT2D eigenvalue weighted by Gasteiger charge is -2.26. The van der Waals surface area contributed by atoms with E-state index in [4.69, 9.17) is 0 Å². The van der Waals surface area contributed by atoms with E-state index in [1.54, 1.807) is 41.3 Å². The number of rotatable bonds is 8. The zero-order chi connectivity index (χ0) is 27.9. The maximum absolute atomic E-state index is 13.5. The largest absolute Gasteiger partial charge is 0.326 e. The first-order valence-corrected chi connectivity index (χ1v) is 13.4. The van der Waals surface area contributed by atoms with E-state index in [0.29, 0.717) is 22.7 Å². The maximum atomic E-state index is 13.5. The number of carbonyl (C=O) groups is 3. The van der Waals surface area contributed by atoms with Crippen molar-refractivity contribution in [1.29, 1.82) is 0 Å². The van der Waals surface area contributed by atoms with Gasteiger partial charge in [-0.2, -0.15) is 5.21 Å². The van der Waals surface area contributed by atoms with Crippen LogP contribution in [0.4, 0.5) is 22.1 Å². The Hall–Kier alpha value is -4.86. The van der Waals surface area contributed by atoms with Crippen molar-refractivity contribution in [2.24, 2.45) is 0 Å². The van der Waals surface area contributed by atoms with E-state index >= 15 is 0 Å². The Morgan fingerprint density at radius 2 is 1.52 bits per heavy atom. The summed E-state index contributed by atoms with van der Waals surface area (Å²) in [7, 11) is 0. The standard InChI is InChI=1S/C30H31N7O3/c1-20(38)22-11-15-26(16-12-22)31-30(40)37(27-17-13-24(14-18-27)23-5-3-2-4-6-23)19-21-7-9-25(10-8-21)28(39)32-29-33-35-36-34-29/h7-18,23H,2-6,19H2,1H3,(H,31,40)(H2,32,33,34,35,36,39). The third kappa shape index (κ3) is 6.58. The van der Waals surface area contributed by atoms with E-state index in [-0.39, 0.29) is 30.2 Å². The number of tetrazole rings is 1. The molecule has 0 bridgehead atoms. The number of urea groups is 1. The number of H-pyrrole nitrogens is 1. The summed E-state index contributed by atoms with van der Waals surface area (Å²) in [6, 6.07) is 21.8. The second kappa shape index (κ2) is 12.3. The fourth-order valence-corrected chi connectivity index (χ4v) is 4.95. The van der Waals surface area contributed by atoms with Gasteiger partial charge in [-0.05, 0) is 90.6 Å². The molecule has 40 heavy (non-hydrogen) atoms. The number of nitrogens with zero attached hydrogens (tertiary/aromatic N) is 4. The Kier molecular flexibility index (Phi) is 8.24. The Balaban J connectivity index is 1.34. The van der Waals surface area contributed by atoms with Crippen molar-refractivity contribution in [2.45, 2.75) is 51.5 Å². The molecule has 5 rings (SSSR count). The van der Waals surface area contributed by atoms with E-state index in [1.165, 1.54) is 44.6 Å². The summed E-state index contributed by atoms with van der Waals surface area (Å²) >= 11 is 0. The molecule has 0 atom stereocenters. The highest BCUT2D eigenvalue weighted by Crippen LogP contribution is 2.33. The number of aromatic nitrogens is 4. The summed E-state index contributed by atoms with van der Waals surface area (Å²) in [5.74, 6) is 0.253. The van der Waals surface area contributed by atoms with Crippen LogP contribution in [-0.4, -0.2) is 38.3 Å². The van der Waals surface area contributed by atoms with Gasteiger partial charge in [-0.25, -0.2) is 4.79 Å². The number of amides is 3. The number of hydrogen-bond donors (Lipinski definition) is 3. The van der Waals surface area contributed by atoms with Crippen molar-refractivity contribution in [3.8, 4) is 0 Å². The van der Waals surface area contributed by atoms with Gasteiger partial charge < -0.3 is 5.32 Å². The summed E-state index contributed by atoms with van der Waals surface area (Å²) in [5, 5.41) is 18.7. The second-order valence-electron chi connectivity index (χ2n) is 9.96. The first kappa shape index (κ1) is 26.7. The Labute approximate surface area is 232 Å². The zero-order valence-corrected chi connectivity index (χ0v) is 22.3. The monoisotopic (exact) mass is 537 g/mol. The van der Waals surface area contributed by atoms with Gasteiger partial charge in [-0.1, -0.05) is 48.6 Å². The lowest BCUT2D eigenvalue weighted by molar-refractivity contribution is 0.101. The van der Waals surface area contributed by atoms with Gasteiger partial charge in [0.25, 0.3) is 11.9 Å². The summed E-state index contributed by atoms with van der Waals surface area (Å²) < 4.78 is 0. The van der Waals surface area contributed by atoms with Crippen LogP contribution in [0, 0.1) is 0 Å². The smallest absolute Gasteiger partial charge is 0.308 e. The lowest BCUT2D eigenvalue weighted by Crippen LogP contribution is -2.34. The Bertz CT molecular complexity index is 1440. The molecule has 0 aliphatic heterocycles. The van der Waals surface area contributed by atoms with Crippen LogP contribution in [0.1, 0.15) is 76.8 Å². The van der Waals surface area contributed by atoms with Crippen molar-refractivity contribution in [2.75, 3.05) is 15.5 Å². The molecule has 1 aliphatic rings. The van der Waals surface area contributed by atoms with E-state index in [2.05, 4.69) is 43.4 Å². The third-order valence-electron chi connectivity index (χ3n) is 7.20. The molecule has 1 aliphatic carbocycles. The van der Waals surface area contributed by atoms with E-state index in [9.17, 15) is 14.4 Å². The van der Waals surface area contributed by atoms with Gasteiger partial charge in [-0.3, -0.25) is 19.8 Å². The molecule has 3 N–H and O–H groups in total. The number of anilines is 3. The highest BCUT2D eigenvalue weighted by molar-refractivity contribution is 6.04. The van der Waals surface area contributed by atoms with Gasteiger partial charge in [0.05, 0.1) is 6.54 Å². The number of carbonyl (C=O) groups excluding carboxylic acids is 3. The van der Waals surface area contributed by atoms with Crippen molar-refractivity contribution in [1.82, 2.24) is 20.6 Å². The second-order valence-corrected chi connectivity index (χ2v) is 9.96. The van der Waals surface area contributed by atoms with Crippen molar-refractivity contribution < 1.29 is 14.4 Å². The predicted octanol–water partition coefficient (Wildman–Crippen LogP) is 5.94. The molecule has 0 radical (unpaired) electrons. The molecule has 3 amide bonds. The third-order valence-corrected chi connectivity index (χ3v) is 7.20. The average Bonchev–Trinajstić information content (AvgIpc) is 3.50. The summed E-state index contributed by atoms with van der Waals surface area (Å²) in [4.78, 5) is 39.3. The first-order valence-electron chi connectivity index (χ1n) is 13.4. The molecule has 4 aromatic rings. The van der Waals surface area contributed by atoms with E-state index in [1.807, 2.05) is 24.3 Å². The van der Waals surface area contributed by atoms with Crippen LogP contribution >= 0.6 is 0 Å².